The molecule has 144 valence electrons. The normalized spacial score (nSPS) is 19.5. The standard InChI is InChI=1S/C27H31N/c1-20-2-4-21(5-3-20)18-22-6-12-25(13-7-22)26-14-8-23(9-15-26)19-24-10-16-27(28)17-11-24/h2-5,8-11,14-17,22,25H,6-7,12-13,18-19,28H2,1H3. The lowest BCUT2D eigenvalue weighted by Crippen LogP contribution is -2.15. The van der Waals surface area contributed by atoms with E-state index in [0.717, 1.165) is 23.9 Å². The summed E-state index contributed by atoms with van der Waals surface area (Å²) in [5.74, 6) is 1.59. The van der Waals surface area contributed by atoms with E-state index >= 15 is 0 Å². The van der Waals surface area contributed by atoms with E-state index in [1.54, 1.807) is 0 Å². The van der Waals surface area contributed by atoms with E-state index in [1.165, 1.54) is 59.9 Å². The van der Waals surface area contributed by atoms with Crippen LogP contribution in [0.3, 0.4) is 0 Å². The molecule has 1 saturated carbocycles. The average molecular weight is 370 g/mol. The Morgan fingerprint density at radius 2 is 1.21 bits per heavy atom. The summed E-state index contributed by atoms with van der Waals surface area (Å²) < 4.78 is 0. The maximum atomic E-state index is 5.78. The Bertz CT molecular complexity index is 867. The van der Waals surface area contributed by atoms with Crippen molar-refractivity contribution in [3.63, 3.8) is 0 Å². The van der Waals surface area contributed by atoms with E-state index in [1.807, 2.05) is 12.1 Å². The fourth-order valence-electron chi connectivity index (χ4n) is 4.54. The van der Waals surface area contributed by atoms with Gasteiger partial charge in [0.05, 0.1) is 0 Å². The van der Waals surface area contributed by atoms with Gasteiger partial charge >= 0.3 is 0 Å². The second kappa shape index (κ2) is 8.65. The van der Waals surface area contributed by atoms with Crippen LogP contribution in [0.5, 0.6) is 0 Å². The van der Waals surface area contributed by atoms with Crippen molar-refractivity contribution in [2.45, 2.75) is 51.4 Å². The second-order valence-electron chi connectivity index (χ2n) is 8.57. The van der Waals surface area contributed by atoms with Gasteiger partial charge in [-0.2, -0.15) is 0 Å². The minimum atomic E-state index is 0.736. The molecule has 1 nitrogen and oxygen atoms in total. The van der Waals surface area contributed by atoms with Crippen LogP contribution >= 0.6 is 0 Å². The van der Waals surface area contributed by atoms with Gasteiger partial charge in [0.15, 0.2) is 0 Å². The van der Waals surface area contributed by atoms with Crippen LogP contribution in [0.25, 0.3) is 0 Å². The van der Waals surface area contributed by atoms with Crippen LogP contribution in [-0.2, 0) is 12.8 Å². The zero-order valence-electron chi connectivity index (χ0n) is 16.9. The molecule has 1 heteroatoms. The van der Waals surface area contributed by atoms with Crippen molar-refractivity contribution >= 4 is 5.69 Å². The molecule has 1 fully saturated rings. The van der Waals surface area contributed by atoms with Crippen molar-refractivity contribution in [1.82, 2.24) is 0 Å². The highest BCUT2D eigenvalue weighted by molar-refractivity contribution is 5.41. The highest BCUT2D eigenvalue weighted by atomic mass is 14.5. The Morgan fingerprint density at radius 3 is 1.82 bits per heavy atom. The Balaban J connectivity index is 1.30. The molecular weight excluding hydrogens is 338 g/mol. The van der Waals surface area contributed by atoms with Gasteiger partial charge in [0.25, 0.3) is 0 Å². The van der Waals surface area contributed by atoms with Crippen LogP contribution in [0.15, 0.2) is 72.8 Å². The molecule has 1 aliphatic carbocycles. The van der Waals surface area contributed by atoms with Gasteiger partial charge in [0.2, 0.25) is 0 Å². The number of anilines is 1. The molecule has 3 aromatic rings. The summed E-state index contributed by atoms with van der Waals surface area (Å²) >= 11 is 0. The van der Waals surface area contributed by atoms with Crippen molar-refractivity contribution in [2.24, 2.45) is 5.92 Å². The SMILES string of the molecule is Cc1ccc(CC2CCC(c3ccc(Cc4ccc(N)cc4)cc3)CC2)cc1. The topological polar surface area (TPSA) is 26.0 Å². The summed E-state index contributed by atoms with van der Waals surface area (Å²) in [5, 5.41) is 0. The van der Waals surface area contributed by atoms with Gasteiger partial charge < -0.3 is 5.73 Å². The lowest BCUT2D eigenvalue weighted by atomic mass is 9.76. The number of rotatable bonds is 5. The minimum absolute atomic E-state index is 0.736. The molecule has 0 bridgehead atoms. The first-order chi connectivity index (χ1) is 13.7. The molecule has 0 heterocycles. The highest BCUT2D eigenvalue weighted by Gasteiger charge is 2.22. The molecule has 28 heavy (non-hydrogen) atoms. The lowest BCUT2D eigenvalue weighted by molar-refractivity contribution is 0.324. The number of hydrogen-bond donors (Lipinski definition) is 1. The van der Waals surface area contributed by atoms with E-state index in [4.69, 9.17) is 5.73 Å². The number of nitrogens with two attached hydrogens (primary N) is 1. The van der Waals surface area contributed by atoms with E-state index in [0.29, 0.717) is 0 Å². The van der Waals surface area contributed by atoms with Crippen molar-refractivity contribution in [2.75, 3.05) is 5.73 Å². The van der Waals surface area contributed by atoms with Crippen molar-refractivity contribution in [3.05, 3.63) is 101 Å². The molecule has 4 rings (SSSR count). The molecule has 0 spiro atoms. The van der Waals surface area contributed by atoms with E-state index in [9.17, 15) is 0 Å². The predicted molar refractivity (Wildman–Crippen MR) is 120 cm³/mol. The smallest absolute Gasteiger partial charge is 0.0314 e. The second-order valence-corrected chi connectivity index (χ2v) is 8.57. The first-order valence-corrected chi connectivity index (χ1v) is 10.6. The van der Waals surface area contributed by atoms with E-state index < -0.39 is 0 Å². The quantitative estimate of drug-likeness (QED) is 0.498. The third kappa shape index (κ3) is 4.84. The molecule has 0 atom stereocenters. The van der Waals surface area contributed by atoms with Crippen LogP contribution in [0.1, 0.15) is 59.4 Å². The molecule has 0 aliphatic heterocycles. The van der Waals surface area contributed by atoms with Crippen LogP contribution in [-0.4, -0.2) is 0 Å². The zero-order valence-corrected chi connectivity index (χ0v) is 16.9. The number of aryl methyl sites for hydroxylation is 1. The lowest BCUT2D eigenvalue weighted by Gasteiger charge is -2.29. The molecule has 2 N–H and O–H groups in total. The number of benzene rings is 3. The van der Waals surface area contributed by atoms with Gasteiger partial charge in [-0.1, -0.05) is 66.2 Å². The summed E-state index contributed by atoms with van der Waals surface area (Å²) in [4.78, 5) is 0. The Kier molecular flexibility index (Phi) is 5.81. The molecule has 0 aromatic heterocycles. The third-order valence-electron chi connectivity index (χ3n) is 6.33. The first-order valence-electron chi connectivity index (χ1n) is 10.6. The van der Waals surface area contributed by atoms with Crippen LogP contribution in [0.2, 0.25) is 0 Å². The van der Waals surface area contributed by atoms with E-state index in [2.05, 4.69) is 67.6 Å². The highest BCUT2D eigenvalue weighted by Crippen LogP contribution is 2.37. The minimum Gasteiger partial charge on any atom is -0.399 e. The summed E-state index contributed by atoms with van der Waals surface area (Å²) in [6.07, 6.45) is 7.58. The predicted octanol–water partition coefficient (Wildman–Crippen LogP) is 6.68. The Hall–Kier alpha value is -2.54. The zero-order chi connectivity index (χ0) is 19.3. The van der Waals surface area contributed by atoms with Gasteiger partial charge in [-0.05, 0) is 91.7 Å². The first kappa shape index (κ1) is 18.8. The van der Waals surface area contributed by atoms with Gasteiger partial charge in [0.1, 0.15) is 0 Å². The van der Waals surface area contributed by atoms with Crippen LogP contribution in [0, 0.1) is 12.8 Å². The number of hydrogen-bond acceptors (Lipinski definition) is 1. The fourth-order valence-corrected chi connectivity index (χ4v) is 4.54. The molecule has 0 radical (unpaired) electrons. The van der Waals surface area contributed by atoms with Crippen LogP contribution < -0.4 is 5.73 Å². The molecule has 0 unspecified atom stereocenters. The third-order valence-corrected chi connectivity index (χ3v) is 6.33. The summed E-state index contributed by atoms with van der Waals surface area (Å²) in [6, 6.07) is 26.7. The van der Waals surface area contributed by atoms with Crippen molar-refractivity contribution in [3.8, 4) is 0 Å². The number of nitrogen functional groups attached to an aromatic ring is 1. The molecule has 0 saturated heterocycles. The molecule has 0 amide bonds. The fraction of sp³-hybridized carbons (Fsp3) is 0.333. The molecular formula is C27H31N. The summed E-state index contributed by atoms with van der Waals surface area (Å²) in [7, 11) is 0. The van der Waals surface area contributed by atoms with E-state index in [-0.39, 0.29) is 0 Å². The maximum absolute atomic E-state index is 5.78. The Labute approximate surface area is 169 Å². The van der Waals surface area contributed by atoms with Crippen LogP contribution in [0.4, 0.5) is 5.69 Å². The van der Waals surface area contributed by atoms with Crippen molar-refractivity contribution in [1.29, 1.82) is 0 Å². The average Bonchev–Trinajstić information content (AvgIpc) is 2.73. The Morgan fingerprint density at radius 1 is 0.679 bits per heavy atom. The summed E-state index contributed by atoms with van der Waals surface area (Å²) in [6.45, 7) is 2.16. The van der Waals surface area contributed by atoms with Gasteiger partial charge in [-0.3, -0.25) is 0 Å². The van der Waals surface area contributed by atoms with Gasteiger partial charge in [0, 0.05) is 5.69 Å². The molecule has 1 aliphatic rings. The van der Waals surface area contributed by atoms with Crippen molar-refractivity contribution < 1.29 is 0 Å². The molecule has 3 aromatic carbocycles. The maximum Gasteiger partial charge on any atom is 0.0314 e. The van der Waals surface area contributed by atoms with Gasteiger partial charge in [-0.15, -0.1) is 0 Å². The summed E-state index contributed by atoms with van der Waals surface area (Å²) in [5.41, 5.74) is 13.7. The largest absolute Gasteiger partial charge is 0.399 e. The van der Waals surface area contributed by atoms with Gasteiger partial charge in [-0.25, -0.2) is 0 Å². The monoisotopic (exact) mass is 369 g/mol.